The number of esters is 2. The minimum absolute atomic E-state index is 0.0404. The molecule has 55 heavy (non-hydrogen) atoms. The van der Waals surface area contributed by atoms with Gasteiger partial charge < -0.3 is 25.2 Å². The van der Waals surface area contributed by atoms with Crippen molar-refractivity contribution in [3.8, 4) is 0 Å². The summed E-state index contributed by atoms with van der Waals surface area (Å²) in [5.41, 5.74) is 5.32. The minimum atomic E-state index is -4.73. The third-order valence-electron chi connectivity index (χ3n) is 8.85. The summed E-state index contributed by atoms with van der Waals surface area (Å²) in [6.45, 7) is 2.61. The summed E-state index contributed by atoms with van der Waals surface area (Å²) in [5.74, 6) is -2.48. The summed E-state index contributed by atoms with van der Waals surface area (Å²) >= 11 is 0. The molecule has 318 valence electrons. The fourth-order valence-corrected chi connectivity index (χ4v) is 6.33. The Hall–Kier alpha value is -2.56. The van der Waals surface area contributed by atoms with Crippen LogP contribution in [-0.2, 0) is 37.5 Å². The Kier molecular flexibility index (Phi) is 36.5. The highest BCUT2D eigenvalue weighted by Crippen LogP contribution is 2.43. The van der Waals surface area contributed by atoms with E-state index in [1.54, 1.807) is 0 Å². The van der Waals surface area contributed by atoms with E-state index in [-0.39, 0.29) is 19.4 Å². The molecule has 0 rings (SSSR count). The lowest BCUT2D eigenvalue weighted by Gasteiger charge is -2.20. The molecule has 3 atom stereocenters. The van der Waals surface area contributed by atoms with Crippen molar-refractivity contribution in [1.82, 2.24) is 0 Å². The second-order valence-electron chi connectivity index (χ2n) is 14.1. The van der Waals surface area contributed by atoms with Gasteiger partial charge in [0.25, 0.3) is 0 Å². The fraction of sp³-hybridized carbons (Fsp3) is 0.744. The molecule has 0 aliphatic carbocycles. The van der Waals surface area contributed by atoms with Gasteiger partial charge in [-0.3, -0.25) is 23.4 Å². The number of ether oxygens (including phenoxy) is 2. The van der Waals surface area contributed by atoms with E-state index in [1.807, 2.05) is 18.2 Å². The molecule has 0 radical (unpaired) electrons. The number of unbranched alkanes of at least 4 members (excludes halogenated alkanes) is 17. The highest BCUT2D eigenvalue weighted by Gasteiger charge is 2.28. The first-order chi connectivity index (χ1) is 26.6. The van der Waals surface area contributed by atoms with Crippen LogP contribution < -0.4 is 5.73 Å². The number of nitrogens with two attached hydrogens (primary N) is 1. The molecule has 0 aliphatic rings. The normalized spacial score (nSPS) is 14.3. The molecule has 12 heteroatoms. The van der Waals surface area contributed by atoms with Crippen LogP contribution in [0.15, 0.2) is 48.6 Å². The van der Waals surface area contributed by atoms with E-state index >= 15 is 0 Å². The van der Waals surface area contributed by atoms with Gasteiger partial charge in [0.05, 0.1) is 13.2 Å². The smallest absolute Gasteiger partial charge is 0.472 e. The molecular weight excluding hydrogens is 721 g/mol. The number of phosphoric acid groups is 1. The van der Waals surface area contributed by atoms with Gasteiger partial charge in [0.2, 0.25) is 0 Å². The van der Waals surface area contributed by atoms with Crippen LogP contribution in [0.5, 0.6) is 0 Å². The van der Waals surface area contributed by atoms with Crippen LogP contribution in [0.2, 0.25) is 0 Å². The first-order valence-electron chi connectivity index (χ1n) is 21.2. The van der Waals surface area contributed by atoms with Crippen molar-refractivity contribution in [2.75, 3.05) is 19.8 Å². The van der Waals surface area contributed by atoms with E-state index in [1.165, 1.54) is 89.9 Å². The Labute approximate surface area is 333 Å². The lowest BCUT2D eigenvalue weighted by Crippen LogP contribution is -2.34. The van der Waals surface area contributed by atoms with Gasteiger partial charge in [0.1, 0.15) is 12.6 Å². The number of carbonyl (C=O) groups is 3. The highest BCUT2D eigenvalue weighted by molar-refractivity contribution is 7.47. The van der Waals surface area contributed by atoms with Crippen molar-refractivity contribution in [3.05, 3.63) is 48.6 Å². The number of rotatable bonds is 39. The molecule has 0 aromatic heterocycles. The molecular formula is C43H76NO10P. The monoisotopic (exact) mass is 798 g/mol. The number of carbonyl (C=O) groups excluding carboxylic acids is 2. The number of phosphoric ester groups is 1. The zero-order valence-corrected chi connectivity index (χ0v) is 35.2. The molecule has 0 bridgehead atoms. The van der Waals surface area contributed by atoms with Gasteiger partial charge in [0, 0.05) is 12.8 Å². The van der Waals surface area contributed by atoms with Crippen LogP contribution in [0, 0.1) is 0 Å². The lowest BCUT2D eigenvalue weighted by atomic mass is 10.0. The van der Waals surface area contributed by atoms with Crippen LogP contribution in [-0.4, -0.2) is 59.9 Å². The summed E-state index contributed by atoms with van der Waals surface area (Å²) in [6, 6.07) is -1.53. The van der Waals surface area contributed by atoms with Crippen molar-refractivity contribution >= 4 is 25.7 Å². The second kappa shape index (κ2) is 38.3. The number of hydrogen-bond acceptors (Lipinski definition) is 9. The molecule has 0 amide bonds. The van der Waals surface area contributed by atoms with Crippen molar-refractivity contribution < 1.29 is 47.5 Å². The number of hydrogen-bond donors (Lipinski definition) is 3. The van der Waals surface area contributed by atoms with Crippen molar-refractivity contribution in [1.29, 1.82) is 0 Å². The third kappa shape index (κ3) is 38.1. The van der Waals surface area contributed by atoms with E-state index in [0.717, 1.165) is 44.9 Å². The van der Waals surface area contributed by atoms with E-state index in [2.05, 4.69) is 48.8 Å². The minimum Gasteiger partial charge on any atom is -0.480 e. The molecule has 4 N–H and O–H groups in total. The Morgan fingerprint density at radius 2 is 1.02 bits per heavy atom. The Balaban J connectivity index is 4.40. The molecule has 0 spiro atoms. The summed E-state index contributed by atoms with van der Waals surface area (Å²) in [4.78, 5) is 45.8. The Morgan fingerprint density at radius 3 is 1.49 bits per heavy atom. The molecule has 0 heterocycles. The van der Waals surface area contributed by atoms with Crippen LogP contribution in [0.3, 0.4) is 0 Å². The van der Waals surface area contributed by atoms with E-state index in [4.69, 9.17) is 24.8 Å². The molecule has 11 nitrogen and oxygen atoms in total. The summed E-state index contributed by atoms with van der Waals surface area (Å²) in [6.07, 6.45) is 42.0. The maximum absolute atomic E-state index is 12.5. The Bertz CT molecular complexity index is 1120. The predicted molar refractivity (Wildman–Crippen MR) is 222 cm³/mol. The second-order valence-corrected chi connectivity index (χ2v) is 15.6. The average molecular weight is 798 g/mol. The fourth-order valence-electron chi connectivity index (χ4n) is 5.55. The number of allylic oxidation sites excluding steroid dienone is 8. The summed E-state index contributed by atoms with van der Waals surface area (Å²) in [5, 5.41) is 8.87. The van der Waals surface area contributed by atoms with Crippen molar-refractivity contribution in [2.45, 2.75) is 187 Å². The lowest BCUT2D eigenvalue weighted by molar-refractivity contribution is -0.161. The molecule has 0 saturated heterocycles. The van der Waals surface area contributed by atoms with Gasteiger partial charge in [-0.25, -0.2) is 4.57 Å². The van der Waals surface area contributed by atoms with Crippen LogP contribution >= 0.6 is 7.82 Å². The third-order valence-corrected chi connectivity index (χ3v) is 9.81. The van der Waals surface area contributed by atoms with Crippen molar-refractivity contribution in [2.24, 2.45) is 5.73 Å². The van der Waals surface area contributed by atoms with E-state index in [9.17, 15) is 23.8 Å². The van der Waals surface area contributed by atoms with Gasteiger partial charge in [-0.15, -0.1) is 0 Å². The quantitative estimate of drug-likeness (QED) is 0.0234. The van der Waals surface area contributed by atoms with Crippen LogP contribution in [0.4, 0.5) is 0 Å². The van der Waals surface area contributed by atoms with Crippen molar-refractivity contribution in [3.63, 3.8) is 0 Å². The molecule has 0 fully saturated rings. The molecule has 0 saturated carbocycles. The van der Waals surface area contributed by atoms with E-state index in [0.29, 0.717) is 12.8 Å². The van der Waals surface area contributed by atoms with E-state index < -0.39 is 51.1 Å². The number of carboxylic acids is 1. The zero-order valence-electron chi connectivity index (χ0n) is 34.3. The summed E-state index contributed by atoms with van der Waals surface area (Å²) in [7, 11) is -4.73. The number of carboxylic acid groups (broad SMARTS) is 1. The highest BCUT2D eigenvalue weighted by atomic mass is 31.2. The molecule has 0 aliphatic heterocycles. The van der Waals surface area contributed by atoms with Gasteiger partial charge in [-0.2, -0.15) is 0 Å². The topological polar surface area (TPSA) is 172 Å². The SMILES string of the molecule is CC/C=C\C/C=C\C/C=C\C/C=C\CCC(=O)OC(COC(=O)CCCCCCCCCCCCCCCCCCCC)COP(=O)(O)OCC(N)C(=O)O. The standard InChI is InChI=1S/C43H76NO10P/c1-3-5-7-9-11-13-15-17-18-19-20-21-23-24-26-28-30-32-34-41(45)51-36-39(37-52-55(49,50)53-38-40(44)43(47)48)54-42(46)35-33-31-29-27-25-22-16-14-12-10-8-6-4-2/h6,8,12,14,22,25,29,31,39-40H,3-5,7,9-11,13,15-21,23-24,26-28,30,32-38,44H2,1-2H3,(H,47,48)(H,49,50)/b8-6-,14-12-,25-22-,31-29-. The predicted octanol–water partition coefficient (Wildman–Crippen LogP) is 11.0. The summed E-state index contributed by atoms with van der Waals surface area (Å²) < 4.78 is 32.5. The molecule has 0 aromatic rings. The Morgan fingerprint density at radius 1 is 0.582 bits per heavy atom. The van der Waals surface area contributed by atoms with Gasteiger partial charge in [-0.05, 0) is 38.5 Å². The largest absolute Gasteiger partial charge is 0.480 e. The maximum Gasteiger partial charge on any atom is 0.472 e. The van der Waals surface area contributed by atoms with Crippen LogP contribution in [0.1, 0.15) is 174 Å². The van der Waals surface area contributed by atoms with Gasteiger partial charge in [0.15, 0.2) is 6.10 Å². The van der Waals surface area contributed by atoms with Gasteiger partial charge in [-0.1, -0.05) is 172 Å². The first-order valence-corrected chi connectivity index (χ1v) is 22.7. The zero-order chi connectivity index (χ0) is 40.7. The van der Waals surface area contributed by atoms with Crippen LogP contribution in [0.25, 0.3) is 0 Å². The molecule has 0 aromatic carbocycles. The van der Waals surface area contributed by atoms with Gasteiger partial charge >= 0.3 is 25.7 Å². The first kappa shape index (κ1) is 52.4. The average Bonchev–Trinajstić information content (AvgIpc) is 3.16. The maximum atomic E-state index is 12.5. The molecule has 3 unspecified atom stereocenters. The number of aliphatic carboxylic acids is 1.